The summed E-state index contributed by atoms with van der Waals surface area (Å²) in [5, 5.41) is 1.88. The van der Waals surface area contributed by atoms with Crippen LogP contribution in [0.5, 0.6) is 34.5 Å². The fourth-order valence-electron chi connectivity index (χ4n) is 4.18. The van der Waals surface area contributed by atoms with Gasteiger partial charge in [-0.15, -0.1) is 11.8 Å². The fourth-order valence-corrected chi connectivity index (χ4v) is 5.00. The summed E-state index contributed by atoms with van der Waals surface area (Å²) in [6.45, 7) is 0. The first-order valence-corrected chi connectivity index (χ1v) is 11.7. The van der Waals surface area contributed by atoms with Gasteiger partial charge in [0.1, 0.15) is 45.3 Å². The van der Waals surface area contributed by atoms with Crippen molar-refractivity contribution < 1.29 is 33.0 Å². The molecule has 8 heteroatoms. The van der Waals surface area contributed by atoms with Crippen LogP contribution in [0.1, 0.15) is 0 Å². The first-order valence-electron chi connectivity index (χ1n) is 10.5. The molecule has 0 atom stereocenters. The molecule has 0 aliphatic heterocycles. The van der Waals surface area contributed by atoms with Gasteiger partial charge in [-0.25, -0.2) is 0 Å². The number of nitrogens with zero attached hydrogens (tertiary/aromatic N) is 1. The molecule has 3 aromatic carbocycles. The predicted molar refractivity (Wildman–Crippen MR) is 134 cm³/mol. The van der Waals surface area contributed by atoms with Gasteiger partial charge in [0.25, 0.3) is 0 Å². The second-order valence-corrected chi connectivity index (χ2v) is 8.20. The maximum Gasteiger partial charge on any atom is 0.227 e. The zero-order chi connectivity index (χ0) is 24.4. The van der Waals surface area contributed by atoms with Gasteiger partial charge in [-0.3, -0.25) is 0 Å². The molecule has 0 N–H and O–H groups in total. The van der Waals surface area contributed by atoms with Gasteiger partial charge in [0, 0.05) is 23.1 Å². The van der Waals surface area contributed by atoms with Gasteiger partial charge in [-0.1, -0.05) is 0 Å². The standard InChI is InChI=1S/C26H28NO6S/c1-28-16-8-15(9-17(10-16)29-2)27-20-11-18(30-3)13-22(32-5)24(20)26(34-7)25-21(27)12-19(31-4)14-23(25)33-6/h8-14H,1-7H3/q+1. The molecule has 178 valence electrons. The molecule has 7 nitrogen and oxygen atoms in total. The first kappa shape index (κ1) is 23.6. The van der Waals surface area contributed by atoms with E-state index in [4.69, 9.17) is 28.4 Å². The van der Waals surface area contributed by atoms with Gasteiger partial charge in [0.15, 0.2) is 0 Å². The Morgan fingerprint density at radius 3 is 1.29 bits per heavy atom. The summed E-state index contributed by atoms with van der Waals surface area (Å²) in [6, 6.07) is 13.5. The number of thioether (sulfide) groups is 1. The van der Waals surface area contributed by atoms with E-state index in [9.17, 15) is 0 Å². The summed E-state index contributed by atoms with van der Waals surface area (Å²) in [5.41, 5.74) is 2.61. The van der Waals surface area contributed by atoms with Crippen LogP contribution < -0.4 is 33.0 Å². The van der Waals surface area contributed by atoms with Crippen molar-refractivity contribution in [2.75, 3.05) is 48.9 Å². The maximum atomic E-state index is 5.84. The number of fused-ring (bicyclic) bond motifs is 2. The van der Waals surface area contributed by atoms with Gasteiger partial charge < -0.3 is 28.4 Å². The quantitative estimate of drug-likeness (QED) is 0.198. The largest absolute Gasteiger partial charge is 0.496 e. The van der Waals surface area contributed by atoms with E-state index in [0.29, 0.717) is 34.5 Å². The van der Waals surface area contributed by atoms with Crippen LogP contribution in [0.4, 0.5) is 0 Å². The van der Waals surface area contributed by atoms with E-state index < -0.39 is 0 Å². The molecule has 0 aliphatic carbocycles. The molecular weight excluding hydrogens is 454 g/mol. The Labute approximate surface area is 203 Å². The van der Waals surface area contributed by atoms with Crippen LogP contribution in [0.3, 0.4) is 0 Å². The van der Waals surface area contributed by atoms with Crippen molar-refractivity contribution >= 4 is 33.6 Å². The van der Waals surface area contributed by atoms with E-state index >= 15 is 0 Å². The highest BCUT2D eigenvalue weighted by Crippen LogP contribution is 2.44. The van der Waals surface area contributed by atoms with Crippen LogP contribution in [-0.4, -0.2) is 48.9 Å². The lowest BCUT2D eigenvalue weighted by molar-refractivity contribution is -0.538. The van der Waals surface area contributed by atoms with Gasteiger partial charge in [-0.2, -0.15) is 4.57 Å². The zero-order valence-corrected chi connectivity index (χ0v) is 21.2. The second-order valence-electron chi connectivity index (χ2n) is 7.39. The molecule has 0 radical (unpaired) electrons. The number of benzene rings is 3. The van der Waals surface area contributed by atoms with E-state index in [1.54, 1.807) is 54.4 Å². The molecule has 0 amide bonds. The number of ether oxygens (including phenoxy) is 6. The molecule has 0 unspecified atom stereocenters. The molecule has 34 heavy (non-hydrogen) atoms. The number of methoxy groups -OCH3 is 6. The normalized spacial score (nSPS) is 10.9. The Kier molecular flexibility index (Phi) is 6.79. The van der Waals surface area contributed by atoms with E-state index in [-0.39, 0.29) is 0 Å². The van der Waals surface area contributed by atoms with Crippen molar-refractivity contribution in [3.05, 3.63) is 42.5 Å². The minimum atomic E-state index is 0.668. The SMILES string of the molecule is COc1cc(OC)cc(-[n+]2c3cc(OC)cc(OC)c3c(SC)c3c(OC)cc(OC)cc32)c1. The number of aromatic nitrogens is 1. The minimum absolute atomic E-state index is 0.668. The van der Waals surface area contributed by atoms with Gasteiger partial charge in [0.05, 0.1) is 66.9 Å². The van der Waals surface area contributed by atoms with Gasteiger partial charge >= 0.3 is 0 Å². The molecule has 0 saturated carbocycles. The van der Waals surface area contributed by atoms with Crippen LogP contribution >= 0.6 is 11.8 Å². The lowest BCUT2D eigenvalue weighted by atomic mass is 10.1. The maximum absolute atomic E-state index is 5.84. The molecule has 0 aliphatic rings. The highest BCUT2D eigenvalue weighted by molar-refractivity contribution is 7.99. The summed E-state index contributed by atoms with van der Waals surface area (Å²) in [5.74, 6) is 4.08. The Balaban J connectivity index is 2.34. The van der Waals surface area contributed by atoms with Crippen LogP contribution in [-0.2, 0) is 0 Å². The highest BCUT2D eigenvalue weighted by atomic mass is 32.2. The molecule has 0 spiro atoms. The summed E-state index contributed by atoms with van der Waals surface area (Å²) in [7, 11) is 9.87. The van der Waals surface area contributed by atoms with E-state index in [0.717, 1.165) is 32.4 Å². The number of hydrogen-bond donors (Lipinski definition) is 0. The average Bonchev–Trinajstić information content (AvgIpc) is 2.89. The van der Waals surface area contributed by atoms with Gasteiger partial charge in [-0.05, 0) is 6.26 Å². The summed E-state index contributed by atoms with van der Waals surface area (Å²) < 4.78 is 36.2. The summed E-state index contributed by atoms with van der Waals surface area (Å²) >= 11 is 1.63. The molecule has 4 rings (SSSR count). The zero-order valence-electron chi connectivity index (χ0n) is 20.3. The first-order chi connectivity index (χ1) is 16.5. The van der Waals surface area contributed by atoms with E-state index in [1.807, 2.05) is 48.7 Å². The Morgan fingerprint density at radius 2 is 0.941 bits per heavy atom. The van der Waals surface area contributed by atoms with Crippen molar-refractivity contribution in [2.24, 2.45) is 0 Å². The molecule has 1 aromatic heterocycles. The monoisotopic (exact) mass is 482 g/mol. The van der Waals surface area contributed by atoms with Crippen molar-refractivity contribution in [1.82, 2.24) is 0 Å². The number of hydrogen-bond acceptors (Lipinski definition) is 7. The third kappa shape index (κ3) is 3.88. The topological polar surface area (TPSA) is 59.3 Å². The molecule has 4 aromatic rings. The summed E-state index contributed by atoms with van der Waals surface area (Å²) in [6.07, 6.45) is 2.04. The molecule has 1 heterocycles. The third-order valence-electron chi connectivity index (χ3n) is 5.76. The minimum Gasteiger partial charge on any atom is -0.496 e. The predicted octanol–water partition coefficient (Wildman–Crippen LogP) is 5.04. The van der Waals surface area contributed by atoms with Gasteiger partial charge in [0.2, 0.25) is 16.7 Å². The van der Waals surface area contributed by atoms with E-state index in [2.05, 4.69) is 4.57 Å². The van der Waals surface area contributed by atoms with Crippen molar-refractivity contribution in [3.8, 4) is 40.2 Å². The van der Waals surface area contributed by atoms with Crippen molar-refractivity contribution in [2.45, 2.75) is 4.90 Å². The molecule has 0 fully saturated rings. The number of pyridine rings is 1. The number of rotatable bonds is 8. The van der Waals surface area contributed by atoms with Crippen LogP contribution in [0.2, 0.25) is 0 Å². The van der Waals surface area contributed by atoms with Crippen molar-refractivity contribution in [1.29, 1.82) is 0 Å². The van der Waals surface area contributed by atoms with E-state index in [1.165, 1.54) is 0 Å². The molecular formula is C26H28NO6S+. The Bertz CT molecular complexity index is 1280. The van der Waals surface area contributed by atoms with Crippen LogP contribution in [0.25, 0.3) is 27.5 Å². The second kappa shape index (κ2) is 9.77. The smallest absolute Gasteiger partial charge is 0.227 e. The van der Waals surface area contributed by atoms with Crippen LogP contribution in [0.15, 0.2) is 47.4 Å². The molecule has 0 bridgehead atoms. The molecule has 0 saturated heterocycles. The fraction of sp³-hybridized carbons (Fsp3) is 0.269. The Morgan fingerprint density at radius 1 is 0.529 bits per heavy atom. The Hall–Kier alpha value is -3.52. The lowest BCUT2D eigenvalue weighted by Crippen LogP contribution is -2.33. The highest BCUT2D eigenvalue weighted by Gasteiger charge is 2.29. The van der Waals surface area contributed by atoms with Crippen molar-refractivity contribution in [3.63, 3.8) is 0 Å². The van der Waals surface area contributed by atoms with Crippen LogP contribution in [0, 0.1) is 0 Å². The third-order valence-corrected chi connectivity index (χ3v) is 6.57. The summed E-state index contributed by atoms with van der Waals surface area (Å²) in [4.78, 5) is 1.02. The lowest BCUT2D eigenvalue weighted by Gasteiger charge is -2.17. The average molecular weight is 483 g/mol.